The van der Waals surface area contributed by atoms with Crippen LogP contribution in [0.15, 0.2) is 61.2 Å². The first-order valence-electron chi connectivity index (χ1n) is 8.51. The van der Waals surface area contributed by atoms with Gasteiger partial charge in [-0.3, -0.25) is 9.59 Å². The SMILES string of the molecule is CC(C(=O)c1ccccc1)n1cnc(C(Cc2ccc(N)nc2)C(=O)O)c1. The van der Waals surface area contributed by atoms with Crippen LogP contribution in [0.1, 0.15) is 40.5 Å². The van der Waals surface area contributed by atoms with E-state index >= 15 is 0 Å². The maximum atomic E-state index is 12.6. The van der Waals surface area contributed by atoms with Crippen LogP contribution in [0.4, 0.5) is 5.82 Å². The molecule has 2 unspecified atom stereocenters. The summed E-state index contributed by atoms with van der Waals surface area (Å²) in [4.78, 5) is 32.6. The molecular formula is C20H20N4O3. The number of carbonyl (C=O) groups is 2. The number of Topliss-reactive ketones (excluding diaryl/α,β-unsaturated/α-hetero) is 1. The Morgan fingerprint density at radius 1 is 1.15 bits per heavy atom. The molecule has 7 nitrogen and oxygen atoms in total. The third kappa shape index (κ3) is 4.20. The smallest absolute Gasteiger partial charge is 0.312 e. The van der Waals surface area contributed by atoms with Crippen LogP contribution in [-0.4, -0.2) is 31.4 Å². The molecule has 7 heteroatoms. The van der Waals surface area contributed by atoms with Crippen molar-refractivity contribution in [2.24, 2.45) is 0 Å². The summed E-state index contributed by atoms with van der Waals surface area (Å²) in [6.45, 7) is 1.76. The van der Waals surface area contributed by atoms with Gasteiger partial charge in [0.05, 0.1) is 18.1 Å². The van der Waals surface area contributed by atoms with Crippen molar-refractivity contribution in [3.63, 3.8) is 0 Å². The first kappa shape index (κ1) is 18.3. The fourth-order valence-corrected chi connectivity index (χ4v) is 2.83. The summed E-state index contributed by atoms with van der Waals surface area (Å²) in [6, 6.07) is 11.9. The third-order valence-corrected chi connectivity index (χ3v) is 4.45. The van der Waals surface area contributed by atoms with Gasteiger partial charge in [-0.1, -0.05) is 36.4 Å². The van der Waals surface area contributed by atoms with Crippen molar-refractivity contribution < 1.29 is 14.7 Å². The minimum absolute atomic E-state index is 0.0610. The van der Waals surface area contributed by atoms with Crippen molar-refractivity contribution in [1.82, 2.24) is 14.5 Å². The highest BCUT2D eigenvalue weighted by atomic mass is 16.4. The second-order valence-corrected chi connectivity index (χ2v) is 6.34. The van der Waals surface area contributed by atoms with Crippen LogP contribution < -0.4 is 5.73 Å². The molecule has 0 bridgehead atoms. The summed E-state index contributed by atoms with van der Waals surface area (Å²) < 4.78 is 1.64. The van der Waals surface area contributed by atoms with E-state index in [-0.39, 0.29) is 12.2 Å². The zero-order chi connectivity index (χ0) is 19.4. The molecule has 2 heterocycles. The van der Waals surface area contributed by atoms with E-state index in [0.29, 0.717) is 17.1 Å². The average Bonchev–Trinajstić information content (AvgIpc) is 3.16. The number of carbonyl (C=O) groups excluding carboxylic acids is 1. The van der Waals surface area contributed by atoms with Crippen LogP contribution in [0.2, 0.25) is 0 Å². The van der Waals surface area contributed by atoms with E-state index < -0.39 is 17.9 Å². The van der Waals surface area contributed by atoms with Gasteiger partial charge in [-0.2, -0.15) is 0 Å². The molecule has 0 saturated carbocycles. The molecule has 2 atom stereocenters. The van der Waals surface area contributed by atoms with Crippen molar-refractivity contribution in [3.8, 4) is 0 Å². The molecule has 0 aliphatic heterocycles. The number of carboxylic acid groups (broad SMARTS) is 1. The number of pyridine rings is 1. The minimum Gasteiger partial charge on any atom is -0.481 e. The van der Waals surface area contributed by atoms with E-state index in [4.69, 9.17) is 5.73 Å². The Hall–Kier alpha value is -3.48. The lowest BCUT2D eigenvalue weighted by Gasteiger charge is -2.12. The molecule has 0 fully saturated rings. The predicted molar refractivity (Wildman–Crippen MR) is 100 cm³/mol. The molecule has 0 saturated heterocycles. The van der Waals surface area contributed by atoms with E-state index in [2.05, 4.69) is 9.97 Å². The number of nitrogens with zero attached hydrogens (tertiary/aromatic N) is 3. The molecule has 3 aromatic rings. The normalized spacial score (nSPS) is 13.1. The molecule has 0 aliphatic carbocycles. The molecule has 3 N–H and O–H groups in total. The highest BCUT2D eigenvalue weighted by Gasteiger charge is 2.25. The van der Waals surface area contributed by atoms with Crippen LogP contribution in [0.5, 0.6) is 0 Å². The number of nitrogen functional groups attached to an aromatic ring is 1. The van der Waals surface area contributed by atoms with E-state index in [0.717, 1.165) is 5.56 Å². The van der Waals surface area contributed by atoms with Gasteiger partial charge in [-0.15, -0.1) is 0 Å². The Morgan fingerprint density at radius 2 is 1.89 bits per heavy atom. The summed E-state index contributed by atoms with van der Waals surface area (Å²) in [6.07, 6.45) is 4.91. The zero-order valence-corrected chi connectivity index (χ0v) is 14.8. The molecule has 0 amide bonds. The van der Waals surface area contributed by atoms with Crippen molar-refractivity contribution in [3.05, 3.63) is 78.0 Å². The van der Waals surface area contributed by atoms with Crippen molar-refractivity contribution in [1.29, 1.82) is 0 Å². The lowest BCUT2D eigenvalue weighted by Crippen LogP contribution is -2.17. The number of nitrogens with two attached hydrogens (primary N) is 1. The second-order valence-electron chi connectivity index (χ2n) is 6.34. The van der Waals surface area contributed by atoms with Gasteiger partial charge in [0, 0.05) is 18.0 Å². The van der Waals surface area contributed by atoms with Crippen LogP contribution >= 0.6 is 0 Å². The largest absolute Gasteiger partial charge is 0.481 e. The number of anilines is 1. The Bertz CT molecular complexity index is 935. The molecule has 0 aliphatic rings. The number of ketones is 1. The minimum atomic E-state index is -0.987. The summed E-state index contributed by atoms with van der Waals surface area (Å²) >= 11 is 0. The van der Waals surface area contributed by atoms with E-state index in [1.54, 1.807) is 60.3 Å². The molecule has 0 spiro atoms. The number of aromatic nitrogens is 3. The molecule has 2 aromatic heterocycles. The Kier molecular flexibility index (Phi) is 5.30. The van der Waals surface area contributed by atoms with Crippen LogP contribution in [0, 0.1) is 0 Å². The highest BCUT2D eigenvalue weighted by Crippen LogP contribution is 2.22. The summed E-state index contributed by atoms with van der Waals surface area (Å²) in [7, 11) is 0. The fraction of sp³-hybridized carbons (Fsp3) is 0.200. The molecule has 1 aromatic carbocycles. The number of aliphatic carboxylic acids is 1. The molecule has 138 valence electrons. The van der Waals surface area contributed by atoms with Gasteiger partial charge in [-0.05, 0) is 25.0 Å². The van der Waals surface area contributed by atoms with Crippen LogP contribution in [-0.2, 0) is 11.2 Å². The van der Waals surface area contributed by atoms with Crippen LogP contribution in [0.3, 0.4) is 0 Å². The van der Waals surface area contributed by atoms with Crippen molar-refractivity contribution in [2.45, 2.75) is 25.3 Å². The van der Waals surface area contributed by atoms with Crippen molar-refractivity contribution >= 4 is 17.6 Å². The van der Waals surface area contributed by atoms with Gasteiger partial charge in [0.2, 0.25) is 0 Å². The Balaban J connectivity index is 1.80. The third-order valence-electron chi connectivity index (χ3n) is 4.45. The lowest BCUT2D eigenvalue weighted by molar-refractivity contribution is -0.138. The number of benzene rings is 1. The Labute approximate surface area is 156 Å². The van der Waals surface area contributed by atoms with Gasteiger partial charge in [0.25, 0.3) is 0 Å². The summed E-state index contributed by atoms with van der Waals surface area (Å²) in [5, 5.41) is 9.62. The fourth-order valence-electron chi connectivity index (χ4n) is 2.83. The zero-order valence-electron chi connectivity index (χ0n) is 14.8. The molecule has 27 heavy (non-hydrogen) atoms. The Morgan fingerprint density at radius 3 is 2.52 bits per heavy atom. The summed E-state index contributed by atoms with van der Waals surface area (Å²) in [5.74, 6) is -1.51. The highest BCUT2D eigenvalue weighted by molar-refractivity contribution is 5.98. The molecule has 3 rings (SSSR count). The van der Waals surface area contributed by atoms with Gasteiger partial charge in [-0.25, -0.2) is 9.97 Å². The van der Waals surface area contributed by atoms with Crippen LogP contribution in [0.25, 0.3) is 0 Å². The monoisotopic (exact) mass is 364 g/mol. The maximum Gasteiger partial charge on any atom is 0.312 e. The first-order valence-corrected chi connectivity index (χ1v) is 8.51. The first-order chi connectivity index (χ1) is 13.0. The number of hydrogen-bond acceptors (Lipinski definition) is 5. The van der Waals surface area contributed by atoms with E-state index in [1.807, 2.05) is 6.07 Å². The second kappa shape index (κ2) is 7.82. The predicted octanol–water partition coefficient (Wildman–Crippen LogP) is 2.72. The van der Waals surface area contributed by atoms with Gasteiger partial charge in [0.1, 0.15) is 11.7 Å². The van der Waals surface area contributed by atoms with Crippen molar-refractivity contribution in [2.75, 3.05) is 5.73 Å². The standard InChI is InChI=1S/C20H20N4O3/c1-13(19(25)15-5-3-2-4-6-15)24-11-17(23-12-24)16(20(26)27)9-14-7-8-18(21)22-10-14/h2-8,10-13,16H,9H2,1H3,(H2,21,22)(H,26,27). The number of carboxylic acids is 1. The van der Waals surface area contributed by atoms with E-state index in [9.17, 15) is 14.7 Å². The van der Waals surface area contributed by atoms with E-state index in [1.165, 1.54) is 6.33 Å². The number of rotatable bonds is 7. The topological polar surface area (TPSA) is 111 Å². The summed E-state index contributed by atoms with van der Waals surface area (Å²) in [5.41, 5.74) is 7.31. The van der Waals surface area contributed by atoms with Gasteiger partial charge >= 0.3 is 5.97 Å². The maximum absolute atomic E-state index is 12.6. The lowest BCUT2D eigenvalue weighted by atomic mass is 9.97. The number of hydrogen-bond donors (Lipinski definition) is 2. The molecule has 0 radical (unpaired) electrons. The average molecular weight is 364 g/mol. The quantitative estimate of drug-likeness (QED) is 0.624. The number of imidazole rings is 1. The van der Waals surface area contributed by atoms with Gasteiger partial charge in [0.15, 0.2) is 5.78 Å². The molecular weight excluding hydrogens is 344 g/mol. The van der Waals surface area contributed by atoms with Gasteiger partial charge < -0.3 is 15.4 Å².